The molecule has 0 radical (unpaired) electrons. The minimum absolute atomic E-state index is 0.0234. The largest absolute Gasteiger partial charge is 0.497 e. The van der Waals surface area contributed by atoms with Gasteiger partial charge in [0.25, 0.3) is 0 Å². The first-order chi connectivity index (χ1) is 10.1. The molecule has 21 heavy (non-hydrogen) atoms. The van der Waals surface area contributed by atoms with Crippen LogP contribution in [0.5, 0.6) is 11.5 Å². The third kappa shape index (κ3) is 2.78. The Morgan fingerprint density at radius 2 is 2.05 bits per heavy atom. The van der Waals surface area contributed by atoms with Gasteiger partial charge in [0.05, 0.1) is 7.11 Å². The van der Waals surface area contributed by atoms with Crippen molar-refractivity contribution in [2.45, 2.75) is 25.5 Å². The summed E-state index contributed by atoms with van der Waals surface area (Å²) in [6, 6.07) is 12.1. The van der Waals surface area contributed by atoms with E-state index in [1.807, 2.05) is 18.2 Å². The Bertz CT molecular complexity index is 672. The molecule has 2 atom stereocenters. The molecule has 1 aliphatic rings. The van der Waals surface area contributed by atoms with Crippen LogP contribution < -0.4 is 15.2 Å². The Morgan fingerprint density at radius 3 is 2.76 bits per heavy atom. The number of hydrogen-bond acceptors (Lipinski definition) is 3. The second-order valence-corrected chi connectivity index (χ2v) is 6.22. The lowest BCUT2D eigenvalue weighted by Crippen LogP contribution is -2.24. The van der Waals surface area contributed by atoms with Gasteiger partial charge in [0, 0.05) is 28.6 Å². The molecule has 2 aromatic rings. The van der Waals surface area contributed by atoms with Crippen molar-refractivity contribution in [2.24, 2.45) is 5.73 Å². The highest BCUT2D eigenvalue weighted by molar-refractivity contribution is 9.10. The first-order valence-corrected chi connectivity index (χ1v) is 7.74. The average molecular weight is 348 g/mol. The van der Waals surface area contributed by atoms with E-state index in [0.717, 1.165) is 33.5 Å². The Labute approximate surface area is 133 Å². The molecule has 4 heteroatoms. The van der Waals surface area contributed by atoms with Crippen LogP contribution in [0.4, 0.5) is 0 Å². The molecule has 3 nitrogen and oxygen atoms in total. The van der Waals surface area contributed by atoms with Crippen LogP contribution in [0.1, 0.15) is 35.3 Å². The summed E-state index contributed by atoms with van der Waals surface area (Å²) in [5.74, 6) is 1.60. The summed E-state index contributed by atoms with van der Waals surface area (Å²) in [5.41, 5.74) is 9.69. The van der Waals surface area contributed by atoms with Gasteiger partial charge in [-0.15, -0.1) is 0 Å². The van der Waals surface area contributed by atoms with Gasteiger partial charge in [0.15, 0.2) is 0 Å². The topological polar surface area (TPSA) is 44.5 Å². The molecule has 0 aliphatic carbocycles. The van der Waals surface area contributed by atoms with Crippen molar-refractivity contribution >= 4 is 15.9 Å². The minimum atomic E-state index is -0.0310. The Morgan fingerprint density at radius 1 is 1.24 bits per heavy atom. The molecule has 1 unspecified atom stereocenters. The van der Waals surface area contributed by atoms with Crippen LogP contribution >= 0.6 is 15.9 Å². The highest BCUT2D eigenvalue weighted by Gasteiger charge is 2.27. The summed E-state index contributed by atoms with van der Waals surface area (Å²) in [7, 11) is 1.65. The van der Waals surface area contributed by atoms with Crippen molar-refractivity contribution < 1.29 is 9.47 Å². The van der Waals surface area contributed by atoms with E-state index in [-0.39, 0.29) is 12.1 Å². The van der Waals surface area contributed by atoms with Crippen molar-refractivity contribution in [3.63, 3.8) is 0 Å². The Kier molecular flexibility index (Phi) is 3.91. The fourth-order valence-corrected chi connectivity index (χ4v) is 3.02. The normalized spacial score (nSPS) is 20.6. The standard InChI is InChI=1S/C17H18BrNO2/c1-10-3-4-11(7-14(10)18)16-9-15(19)13-6-5-12(20-2)8-17(13)21-16/h3-8,15-16H,9,19H2,1-2H3/t15-,16?/m1/s1. The van der Waals surface area contributed by atoms with Gasteiger partial charge >= 0.3 is 0 Å². The van der Waals surface area contributed by atoms with Crippen molar-refractivity contribution in [1.29, 1.82) is 0 Å². The first-order valence-electron chi connectivity index (χ1n) is 6.94. The maximum absolute atomic E-state index is 6.30. The number of methoxy groups -OCH3 is 1. The Hall–Kier alpha value is -1.52. The summed E-state index contributed by atoms with van der Waals surface area (Å²) < 4.78 is 12.5. The van der Waals surface area contributed by atoms with E-state index in [4.69, 9.17) is 15.2 Å². The average Bonchev–Trinajstić information content (AvgIpc) is 2.49. The number of fused-ring (bicyclic) bond motifs is 1. The summed E-state index contributed by atoms with van der Waals surface area (Å²) in [5, 5.41) is 0. The van der Waals surface area contributed by atoms with Crippen molar-refractivity contribution in [3.05, 3.63) is 57.6 Å². The third-order valence-electron chi connectivity index (χ3n) is 3.93. The predicted octanol–water partition coefficient (Wildman–Crippen LogP) is 4.29. The molecule has 1 heterocycles. The SMILES string of the molecule is COc1ccc2c(c1)OC(c1ccc(C)c(Br)c1)C[C@H]2N. The molecule has 0 saturated carbocycles. The van der Waals surface area contributed by atoms with Crippen LogP contribution in [0, 0.1) is 6.92 Å². The number of halogens is 1. The summed E-state index contributed by atoms with van der Waals surface area (Å²) in [4.78, 5) is 0. The van der Waals surface area contributed by atoms with Gasteiger partial charge in [-0.1, -0.05) is 34.1 Å². The molecule has 0 aromatic heterocycles. The van der Waals surface area contributed by atoms with Crippen LogP contribution in [0.25, 0.3) is 0 Å². The molecule has 1 aliphatic heterocycles. The zero-order valence-corrected chi connectivity index (χ0v) is 13.7. The van der Waals surface area contributed by atoms with Crippen molar-refractivity contribution in [2.75, 3.05) is 7.11 Å². The van der Waals surface area contributed by atoms with Crippen LogP contribution in [0.3, 0.4) is 0 Å². The van der Waals surface area contributed by atoms with Crippen molar-refractivity contribution in [3.8, 4) is 11.5 Å². The maximum atomic E-state index is 6.30. The molecular weight excluding hydrogens is 330 g/mol. The molecule has 0 amide bonds. The lowest BCUT2D eigenvalue weighted by molar-refractivity contribution is 0.161. The van der Waals surface area contributed by atoms with Crippen LogP contribution in [0.2, 0.25) is 0 Å². The maximum Gasteiger partial charge on any atom is 0.128 e. The van der Waals surface area contributed by atoms with Gasteiger partial charge in [0.1, 0.15) is 17.6 Å². The van der Waals surface area contributed by atoms with Gasteiger partial charge < -0.3 is 15.2 Å². The van der Waals surface area contributed by atoms with Crippen LogP contribution in [0.15, 0.2) is 40.9 Å². The highest BCUT2D eigenvalue weighted by atomic mass is 79.9. The van der Waals surface area contributed by atoms with E-state index in [1.165, 1.54) is 5.56 Å². The second-order valence-electron chi connectivity index (χ2n) is 5.36. The number of nitrogens with two attached hydrogens (primary N) is 1. The number of hydrogen-bond donors (Lipinski definition) is 1. The molecule has 110 valence electrons. The Balaban J connectivity index is 1.94. The predicted molar refractivity (Wildman–Crippen MR) is 86.8 cm³/mol. The summed E-state index contributed by atoms with van der Waals surface area (Å²) in [6.45, 7) is 2.07. The zero-order chi connectivity index (χ0) is 15.0. The van der Waals surface area contributed by atoms with E-state index >= 15 is 0 Å². The van der Waals surface area contributed by atoms with Gasteiger partial charge in [-0.25, -0.2) is 0 Å². The third-order valence-corrected chi connectivity index (χ3v) is 4.78. The molecule has 0 saturated heterocycles. The smallest absolute Gasteiger partial charge is 0.128 e. The summed E-state index contributed by atoms with van der Waals surface area (Å²) in [6.07, 6.45) is 0.742. The summed E-state index contributed by atoms with van der Waals surface area (Å²) >= 11 is 3.58. The molecule has 0 spiro atoms. The zero-order valence-electron chi connectivity index (χ0n) is 12.1. The highest BCUT2D eigenvalue weighted by Crippen LogP contribution is 2.41. The number of aryl methyl sites for hydroxylation is 1. The molecule has 3 rings (SSSR count). The number of ether oxygens (including phenoxy) is 2. The van der Waals surface area contributed by atoms with E-state index < -0.39 is 0 Å². The quantitative estimate of drug-likeness (QED) is 0.881. The monoisotopic (exact) mass is 347 g/mol. The minimum Gasteiger partial charge on any atom is -0.497 e. The lowest BCUT2D eigenvalue weighted by Gasteiger charge is -2.31. The van der Waals surface area contributed by atoms with E-state index in [0.29, 0.717) is 0 Å². The fourth-order valence-electron chi connectivity index (χ4n) is 2.62. The van der Waals surface area contributed by atoms with Crippen LogP contribution in [-0.4, -0.2) is 7.11 Å². The van der Waals surface area contributed by atoms with E-state index in [9.17, 15) is 0 Å². The fraction of sp³-hybridized carbons (Fsp3) is 0.294. The van der Waals surface area contributed by atoms with E-state index in [1.54, 1.807) is 7.11 Å². The van der Waals surface area contributed by atoms with Gasteiger partial charge in [-0.2, -0.15) is 0 Å². The number of rotatable bonds is 2. The molecule has 0 bridgehead atoms. The van der Waals surface area contributed by atoms with Gasteiger partial charge in [-0.3, -0.25) is 0 Å². The lowest BCUT2D eigenvalue weighted by atomic mass is 9.93. The van der Waals surface area contributed by atoms with Crippen molar-refractivity contribution in [1.82, 2.24) is 0 Å². The molecule has 2 aromatic carbocycles. The van der Waals surface area contributed by atoms with Gasteiger partial charge in [0.2, 0.25) is 0 Å². The molecule has 0 fully saturated rings. The van der Waals surface area contributed by atoms with Gasteiger partial charge in [-0.05, 0) is 30.2 Å². The molecule has 2 N–H and O–H groups in total. The second kappa shape index (κ2) is 5.70. The number of benzene rings is 2. The molecular formula is C17H18BrNO2. The first kappa shape index (κ1) is 14.4. The van der Waals surface area contributed by atoms with Crippen LogP contribution in [-0.2, 0) is 0 Å². The van der Waals surface area contributed by atoms with E-state index in [2.05, 4.69) is 41.1 Å².